The number of rotatable bonds is 2. The van der Waals surface area contributed by atoms with Gasteiger partial charge in [0.2, 0.25) is 0 Å². The molecule has 1 heterocycles. The van der Waals surface area contributed by atoms with E-state index in [-0.39, 0.29) is 16.9 Å². The van der Waals surface area contributed by atoms with E-state index in [1.165, 1.54) is 43.1 Å². The molecule has 0 saturated heterocycles. The Morgan fingerprint density at radius 2 is 1.57 bits per heavy atom. The van der Waals surface area contributed by atoms with Gasteiger partial charge in [-0.1, -0.05) is 34.9 Å². The number of H-pyrrole nitrogens is 1. The Bertz CT molecular complexity index is 1590. The third kappa shape index (κ3) is 1.49. The van der Waals surface area contributed by atoms with Crippen molar-refractivity contribution in [1.29, 1.82) is 0 Å². The van der Waals surface area contributed by atoms with Crippen molar-refractivity contribution in [3.8, 4) is 5.69 Å². The van der Waals surface area contributed by atoms with Gasteiger partial charge < -0.3 is 0 Å². The number of benzene rings is 1. The van der Waals surface area contributed by atoms with Gasteiger partial charge in [-0.25, -0.2) is 23.9 Å². The minimum absolute atomic E-state index is 0.130. The third-order valence-corrected chi connectivity index (χ3v) is 13.4. The monoisotopic (exact) mass is 463 g/mol. The molecule has 176 valence electrons. The van der Waals surface area contributed by atoms with Gasteiger partial charge >= 0.3 is 11.4 Å². The summed E-state index contributed by atoms with van der Waals surface area (Å²) >= 11 is 0. The van der Waals surface area contributed by atoms with E-state index < -0.39 is 0 Å². The first-order chi connectivity index (χ1) is 17.2. The van der Waals surface area contributed by atoms with Crippen LogP contribution in [0.5, 0.6) is 0 Å². The first kappa shape index (κ1) is 17.8. The van der Waals surface area contributed by atoms with Gasteiger partial charge in [0, 0.05) is 0 Å². The topological polar surface area (TPSA) is 59.8 Å². The van der Waals surface area contributed by atoms with Gasteiger partial charge in [-0.05, 0) is 121 Å². The maximum atomic E-state index is 14.3. The Kier molecular flexibility index (Phi) is 2.60. The Morgan fingerprint density at radius 1 is 0.800 bits per heavy atom. The molecule has 10 aliphatic carbocycles. The maximum absolute atomic E-state index is 14.3. The van der Waals surface area contributed by atoms with Crippen LogP contribution in [-0.2, 0) is 5.54 Å². The molecule has 0 amide bonds. The van der Waals surface area contributed by atoms with Crippen molar-refractivity contribution in [3.05, 3.63) is 73.6 Å². The normalized spacial score (nSPS) is 51.7. The lowest BCUT2D eigenvalue weighted by Crippen LogP contribution is -2.68. The highest BCUT2D eigenvalue weighted by Gasteiger charge is 2.80. The molecule has 0 aliphatic heterocycles. The number of nitrogens with one attached hydrogen (secondary N) is 1. The van der Waals surface area contributed by atoms with Crippen molar-refractivity contribution >= 4 is 0 Å². The van der Waals surface area contributed by atoms with Gasteiger partial charge in [-0.2, -0.15) is 0 Å². The van der Waals surface area contributed by atoms with Crippen LogP contribution in [0, 0.1) is 65.1 Å². The fraction of sp³-hybridized carbons (Fsp3) is 0.600. The van der Waals surface area contributed by atoms with E-state index in [1.54, 1.807) is 11.1 Å². The van der Waals surface area contributed by atoms with Crippen molar-refractivity contribution in [2.75, 3.05) is 0 Å². The maximum Gasteiger partial charge on any atom is 0.352 e. The molecule has 0 radical (unpaired) electrons. The summed E-state index contributed by atoms with van der Waals surface area (Å²) in [4.78, 5) is 27.7. The lowest BCUT2D eigenvalue weighted by atomic mass is 9.37. The number of aromatic nitrogens is 3. The lowest BCUT2D eigenvalue weighted by molar-refractivity contribution is -0.124. The summed E-state index contributed by atoms with van der Waals surface area (Å²) in [5, 5.41) is 3.22. The zero-order valence-corrected chi connectivity index (χ0v) is 19.7. The molecule has 5 heteroatoms. The minimum atomic E-state index is -0.267. The van der Waals surface area contributed by atoms with Crippen LogP contribution < -0.4 is 11.4 Å². The van der Waals surface area contributed by atoms with E-state index in [9.17, 15) is 9.59 Å². The van der Waals surface area contributed by atoms with Crippen LogP contribution in [0.1, 0.15) is 38.5 Å². The summed E-state index contributed by atoms with van der Waals surface area (Å²) in [6.45, 7) is 0. The van der Waals surface area contributed by atoms with E-state index in [0.717, 1.165) is 41.4 Å². The summed E-state index contributed by atoms with van der Waals surface area (Å²) in [5.41, 5.74) is 7.45. The molecule has 0 unspecified atom stereocenters. The van der Waals surface area contributed by atoms with Crippen LogP contribution in [-0.4, -0.2) is 14.3 Å². The summed E-state index contributed by atoms with van der Waals surface area (Å²) in [6.07, 6.45) is 7.90. The number of hydrogen-bond donors (Lipinski definition) is 1. The average Bonchev–Trinajstić information content (AvgIpc) is 3.65. The van der Waals surface area contributed by atoms with Gasteiger partial charge in [-0.3, -0.25) is 0 Å². The second-order valence-electron chi connectivity index (χ2n) is 13.5. The second kappa shape index (κ2) is 5.12. The lowest BCUT2D eigenvalue weighted by Gasteiger charge is -2.69. The summed E-state index contributed by atoms with van der Waals surface area (Å²) < 4.78 is 3.36. The minimum Gasteiger partial charge on any atom is -0.246 e. The molecule has 0 spiro atoms. The number of fused-ring (bicyclic) bond motifs is 2. The molecular weight excluding hydrogens is 434 g/mol. The van der Waals surface area contributed by atoms with E-state index in [1.807, 2.05) is 46.2 Å². The predicted molar refractivity (Wildman–Crippen MR) is 129 cm³/mol. The van der Waals surface area contributed by atoms with Gasteiger partial charge in [0.1, 0.15) is 0 Å². The molecule has 10 aliphatic rings. The molecule has 2 aromatic rings. The molecule has 1 aromatic carbocycles. The third-order valence-electron chi connectivity index (χ3n) is 13.4. The largest absolute Gasteiger partial charge is 0.352 e. The fourth-order valence-electron chi connectivity index (χ4n) is 13.5. The number of aromatic amines is 1. The number of allylic oxidation sites excluding steroid dienone is 4. The zero-order chi connectivity index (χ0) is 22.5. The van der Waals surface area contributed by atoms with E-state index in [2.05, 4.69) is 5.10 Å². The first-order valence-corrected chi connectivity index (χ1v) is 14.2. The number of nitrogens with zero attached hydrogens (tertiary/aromatic N) is 2. The molecule has 5 nitrogen and oxygen atoms in total. The molecule has 1 N–H and O–H groups in total. The van der Waals surface area contributed by atoms with Crippen molar-refractivity contribution < 1.29 is 0 Å². The highest BCUT2D eigenvalue weighted by Crippen LogP contribution is 2.85. The smallest absolute Gasteiger partial charge is 0.246 e. The second-order valence-corrected chi connectivity index (χ2v) is 13.5. The Balaban J connectivity index is 1.27. The zero-order valence-electron chi connectivity index (χ0n) is 19.7. The molecule has 12 rings (SSSR count). The SMILES string of the molecule is O=c1[nH]n([C@@]23C4=C5C[C@@H]6C7=C([C@H]8C[C@@H]2[C@H]5[C@@H]86)[C@H]2CC[C@@H]7[C@@H]5[C@@H]2[C@H]3CC[C@@H]45)c(=O)n1-c1ccccc1. The summed E-state index contributed by atoms with van der Waals surface area (Å²) in [6, 6.07) is 9.54. The standard InChI is InChI=1S/C30H29N3O2/c34-28-31-33(29(35)32(28)12-4-2-1-3-5-12)30-19-9-8-15-21-13-6-7-14(25(19)21)23-17-11-20(30)26-18(27(15)30)10-16(22(13)23)24(17)26/h1-5,13-17,19-21,24-26H,6-11H2,(H,31,34)/t13-,14-,15-,16-,17-,19-,20-,21+,24-,25+,26+,30-/m1/s1. The first-order valence-electron chi connectivity index (χ1n) is 14.2. The van der Waals surface area contributed by atoms with Crippen molar-refractivity contribution in [2.45, 2.75) is 44.1 Å². The van der Waals surface area contributed by atoms with Gasteiger partial charge in [-0.15, -0.1) is 0 Å². The summed E-state index contributed by atoms with van der Waals surface area (Å²) in [7, 11) is 0. The van der Waals surface area contributed by atoms with Gasteiger partial charge in [0.05, 0.1) is 11.2 Å². The van der Waals surface area contributed by atoms with E-state index in [0.29, 0.717) is 29.4 Å². The van der Waals surface area contributed by atoms with Crippen LogP contribution in [0.3, 0.4) is 0 Å². The van der Waals surface area contributed by atoms with Crippen LogP contribution in [0.4, 0.5) is 0 Å². The molecular formula is C30H29N3O2. The molecule has 35 heavy (non-hydrogen) atoms. The number of para-hydroxylation sites is 1. The molecule has 6 saturated carbocycles. The Morgan fingerprint density at radius 3 is 2.43 bits per heavy atom. The Hall–Kier alpha value is -2.56. The van der Waals surface area contributed by atoms with Crippen LogP contribution in [0.25, 0.3) is 5.69 Å². The van der Waals surface area contributed by atoms with Gasteiger partial charge in [0.25, 0.3) is 0 Å². The molecule has 6 fully saturated rings. The quantitative estimate of drug-likeness (QED) is 0.688. The van der Waals surface area contributed by atoms with E-state index >= 15 is 0 Å². The van der Waals surface area contributed by atoms with E-state index in [4.69, 9.17) is 0 Å². The van der Waals surface area contributed by atoms with Crippen molar-refractivity contribution in [3.63, 3.8) is 0 Å². The number of hydrogen-bond acceptors (Lipinski definition) is 2. The van der Waals surface area contributed by atoms with Crippen LogP contribution >= 0.6 is 0 Å². The van der Waals surface area contributed by atoms with Crippen LogP contribution in [0.2, 0.25) is 0 Å². The Labute approximate surface area is 202 Å². The fourth-order valence-corrected chi connectivity index (χ4v) is 13.5. The average molecular weight is 464 g/mol. The van der Waals surface area contributed by atoms with Crippen LogP contribution in [0.15, 0.2) is 62.2 Å². The molecule has 12 atom stereocenters. The molecule has 1 aromatic heterocycles. The van der Waals surface area contributed by atoms with Gasteiger partial charge in [0.15, 0.2) is 0 Å². The summed E-state index contributed by atoms with van der Waals surface area (Å²) in [5.74, 6) is 7.89. The highest BCUT2D eigenvalue weighted by molar-refractivity contribution is 5.57. The van der Waals surface area contributed by atoms with Crippen molar-refractivity contribution in [2.24, 2.45) is 65.1 Å². The van der Waals surface area contributed by atoms with Crippen molar-refractivity contribution in [1.82, 2.24) is 14.3 Å². The predicted octanol–water partition coefficient (Wildman–Crippen LogP) is 3.86. The molecule has 4 bridgehead atoms. The highest BCUT2D eigenvalue weighted by atomic mass is 16.2.